The summed E-state index contributed by atoms with van der Waals surface area (Å²) in [5.74, 6) is -1.19. The van der Waals surface area contributed by atoms with E-state index in [1.165, 1.54) is 6.34 Å². The Morgan fingerprint density at radius 1 is 1.71 bits per heavy atom. The molecule has 1 amide bonds. The highest BCUT2D eigenvalue weighted by molar-refractivity contribution is 6.69. The van der Waals surface area contributed by atoms with Crippen LogP contribution in [0.2, 0.25) is 0 Å². The lowest BCUT2D eigenvalue weighted by Gasteiger charge is -2.28. The minimum absolute atomic E-state index is 0.218. The average molecular weight is 191 g/mol. The van der Waals surface area contributed by atoms with Gasteiger partial charge in [-0.1, -0.05) is 6.08 Å². The van der Waals surface area contributed by atoms with Crippen molar-refractivity contribution in [2.24, 2.45) is 20.7 Å². The van der Waals surface area contributed by atoms with Gasteiger partial charge in [0.2, 0.25) is 0 Å². The molecular weight excluding hydrogens is 182 g/mol. The molecule has 2 heterocycles. The highest BCUT2D eigenvalue weighted by atomic mass is 16.2. The van der Waals surface area contributed by atoms with E-state index < -0.39 is 5.79 Å². The number of nitrogens with one attached hydrogen (secondary N) is 1. The van der Waals surface area contributed by atoms with Crippen molar-refractivity contribution in [2.45, 2.75) is 12.2 Å². The fourth-order valence-electron chi connectivity index (χ4n) is 1.29. The van der Waals surface area contributed by atoms with Crippen LogP contribution in [0.1, 0.15) is 6.42 Å². The van der Waals surface area contributed by atoms with Crippen molar-refractivity contribution in [3.63, 3.8) is 0 Å². The van der Waals surface area contributed by atoms with Crippen molar-refractivity contribution in [1.82, 2.24) is 5.32 Å². The summed E-state index contributed by atoms with van der Waals surface area (Å²) in [6, 6.07) is 0. The molecule has 72 valence electrons. The number of rotatable bonds is 2. The molecule has 1 atom stereocenters. The van der Waals surface area contributed by atoms with Crippen LogP contribution in [0.4, 0.5) is 0 Å². The fourth-order valence-corrected chi connectivity index (χ4v) is 1.29. The first-order valence-corrected chi connectivity index (χ1v) is 4.07. The number of fused-ring (bicyclic) bond motifs is 1. The third-order valence-electron chi connectivity index (χ3n) is 1.88. The Labute approximate surface area is 80.3 Å². The maximum absolute atomic E-state index is 11.4. The first kappa shape index (κ1) is 8.76. The number of nitrogens with zero attached hydrogens (tertiary/aromatic N) is 3. The van der Waals surface area contributed by atoms with Gasteiger partial charge >= 0.3 is 0 Å². The third-order valence-corrected chi connectivity index (χ3v) is 1.88. The predicted molar refractivity (Wildman–Crippen MR) is 53.2 cm³/mol. The average Bonchev–Trinajstić information content (AvgIpc) is 2.51. The third kappa shape index (κ3) is 1.25. The van der Waals surface area contributed by atoms with Crippen molar-refractivity contribution in [3.05, 3.63) is 12.7 Å². The molecule has 0 aromatic carbocycles. The Bertz CT molecular complexity index is 395. The topological polar surface area (TPSA) is 92.2 Å². The summed E-state index contributed by atoms with van der Waals surface area (Å²) >= 11 is 0. The lowest BCUT2D eigenvalue weighted by molar-refractivity contribution is -0.116. The summed E-state index contributed by atoms with van der Waals surface area (Å²) in [4.78, 5) is 23.1. The molecule has 0 saturated heterocycles. The first-order chi connectivity index (χ1) is 6.64. The molecule has 0 aliphatic carbocycles. The molecule has 0 aromatic heterocycles. The molecular formula is C8H9N5O. The van der Waals surface area contributed by atoms with Crippen molar-refractivity contribution in [2.75, 3.05) is 0 Å². The van der Waals surface area contributed by atoms with Gasteiger partial charge in [0, 0.05) is 6.42 Å². The van der Waals surface area contributed by atoms with E-state index in [0.717, 1.165) is 0 Å². The Morgan fingerprint density at radius 3 is 3.21 bits per heavy atom. The second-order valence-corrected chi connectivity index (χ2v) is 3.03. The molecule has 3 N–H and O–H groups in total. The molecule has 0 bridgehead atoms. The number of carbonyl (C=O) groups is 1. The SMILES string of the molecule is C=CCC1(N)N=C2N=CN=C2C(=O)N1. The summed E-state index contributed by atoms with van der Waals surface area (Å²) < 4.78 is 0. The summed E-state index contributed by atoms with van der Waals surface area (Å²) in [6.45, 7) is 3.54. The molecule has 0 radical (unpaired) electrons. The van der Waals surface area contributed by atoms with Crippen LogP contribution in [0.5, 0.6) is 0 Å². The molecule has 2 rings (SSSR count). The van der Waals surface area contributed by atoms with Gasteiger partial charge in [0.15, 0.2) is 17.3 Å². The maximum Gasteiger partial charge on any atom is 0.276 e. The van der Waals surface area contributed by atoms with E-state index in [9.17, 15) is 4.79 Å². The zero-order valence-electron chi connectivity index (χ0n) is 7.40. The smallest absolute Gasteiger partial charge is 0.276 e. The van der Waals surface area contributed by atoms with Crippen LogP contribution >= 0.6 is 0 Å². The second kappa shape index (κ2) is 2.85. The van der Waals surface area contributed by atoms with E-state index in [4.69, 9.17) is 5.73 Å². The quantitative estimate of drug-likeness (QED) is 0.558. The fraction of sp³-hybridized carbons (Fsp3) is 0.250. The number of nitrogens with two attached hydrogens (primary N) is 1. The van der Waals surface area contributed by atoms with Crippen molar-refractivity contribution < 1.29 is 4.79 Å². The van der Waals surface area contributed by atoms with Crippen LogP contribution < -0.4 is 11.1 Å². The lowest BCUT2D eigenvalue weighted by Crippen LogP contribution is -2.60. The summed E-state index contributed by atoms with van der Waals surface area (Å²) in [5.41, 5.74) is 6.01. The number of hydrogen-bond donors (Lipinski definition) is 2. The second-order valence-electron chi connectivity index (χ2n) is 3.03. The zero-order valence-corrected chi connectivity index (χ0v) is 7.40. The van der Waals surface area contributed by atoms with Crippen molar-refractivity contribution in [3.8, 4) is 0 Å². The molecule has 0 fully saturated rings. The standard InChI is InChI=1S/C8H9N5O/c1-2-3-8(9)12-6-5(7(14)13-8)10-4-11-6/h2,4H,1,3,9H2,(H,13,14). The molecule has 2 aliphatic heterocycles. The van der Waals surface area contributed by atoms with Crippen LogP contribution in [0.25, 0.3) is 0 Å². The molecule has 14 heavy (non-hydrogen) atoms. The zero-order chi connectivity index (χ0) is 10.2. The van der Waals surface area contributed by atoms with Crippen molar-refractivity contribution >= 4 is 23.8 Å². The highest BCUT2D eigenvalue weighted by Crippen LogP contribution is 2.13. The summed E-state index contributed by atoms with van der Waals surface area (Å²) in [5, 5.41) is 2.53. The van der Waals surface area contributed by atoms with E-state index in [1.54, 1.807) is 6.08 Å². The maximum atomic E-state index is 11.4. The summed E-state index contributed by atoms with van der Waals surface area (Å²) in [6.07, 6.45) is 3.23. The number of hydrogen-bond acceptors (Lipinski definition) is 5. The van der Waals surface area contributed by atoms with Crippen LogP contribution in [0.3, 0.4) is 0 Å². The minimum atomic E-state index is -1.13. The van der Waals surface area contributed by atoms with Gasteiger partial charge < -0.3 is 5.32 Å². The van der Waals surface area contributed by atoms with Crippen LogP contribution in [-0.4, -0.2) is 29.6 Å². The molecule has 0 saturated carbocycles. The minimum Gasteiger partial charge on any atom is -0.314 e. The van der Waals surface area contributed by atoms with Gasteiger partial charge in [0.1, 0.15) is 6.34 Å². The Kier molecular flexibility index (Phi) is 1.78. The van der Waals surface area contributed by atoms with Gasteiger partial charge in [-0.05, 0) is 0 Å². The molecule has 6 nitrogen and oxygen atoms in total. The first-order valence-electron chi connectivity index (χ1n) is 4.07. The lowest BCUT2D eigenvalue weighted by atomic mass is 10.1. The van der Waals surface area contributed by atoms with Crippen LogP contribution in [0.15, 0.2) is 27.6 Å². The van der Waals surface area contributed by atoms with Gasteiger partial charge in [-0.3, -0.25) is 10.5 Å². The van der Waals surface area contributed by atoms with Gasteiger partial charge in [-0.15, -0.1) is 6.58 Å². The van der Waals surface area contributed by atoms with Crippen LogP contribution in [-0.2, 0) is 4.79 Å². The molecule has 0 aromatic rings. The van der Waals surface area contributed by atoms with E-state index in [1.807, 2.05) is 0 Å². The normalized spacial score (nSPS) is 29.1. The van der Waals surface area contributed by atoms with Gasteiger partial charge in [-0.25, -0.2) is 15.0 Å². The number of carbonyl (C=O) groups excluding carboxylic acids is 1. The number of amidine groups is 1. The van der Waals surface area contributed by atoms with E-state index in [-0.39, 0.29) is 17.5 Å². The monoisotopic (exact) mass is 191 g/mol. The molecule has 1 unspecified atom stereocenters. The number of aliphatic imine (C=N–C) groups is 3. The van der Waals surface area contributed by atoms with Crippen LogP contribution in [0, 0.1) is 0 Å². The van der Waals surface area contributed by atoms with E-state index >= 15 is 0 Å². The Hall–Kier alpha value is -1.82. The molecule has 6 heteroatoms. The Morgan fingerprint density at radius 2 is 2.50 bits per heavy atom. The van der Waals surface area contributed by atoms with Gasteiger partial charge in [-0.2, -0.15) is 0 Å². The van der Waals surface area contributed by atoms with E-state index in [0.29, 0.717) is 6.42 Å². The molecule has 0 spiro atoms. The largest absolute Gasteiger partial charge is 0.314 e. The van der Waals surface area contributed by atoms with Crippen molar-refractivity contribution in [1.29, 1.82) is 0 Å². The number of amides is 1. The highest BCUT2D eigenvalue weighted by Gasteiger charge is 2.36. The predicted octanol–water partition coefficient (Wildman–Crippen LogP) is -0.814. The molecule has 2 aliphatic rings. The van der Waals surface area contributed by atoms with Gasteiger partial charge in [0.25, 0.3) is 5.91 Å². The van der Waals surface area contributed by atoms with Gasteiger partial charge in [0.05, 0.1) is 0 Å². The Balaban J connectivity index is 2.39. The van der Waals surface area contributed by atoms with E-state index in [2.05, 4.69) is 26.9 Å². The summed E-state index contributed by atoms with van der Waals surface area (Å²) in [7, 11) is 0.